The van der Waals surface area contributed by atoms with Gasteiger partial charge in [0.25, 0.3) is 5.91 Å². The maximum Gasteiger partial charge on any atom is 0.251 e. The zero-order chi connectivity index (χ0) is 15.5. The number of nitrogens with zero attached hydrogens (tertiary/aromatic N) is 3. The molecule has 3 heterocycles. The molecule has 0 radical (unpaired) electrons. The van der Waals surface area contributed by atoms with Gasteiger partial charge < -0.3 is 14.2 Å². The van der Waals surface area contributed by atoms with E-state index in [1.165, 1.54) is 0 Å². The van der Waals surface area contributed by atoms with Crippen molar-refractivity contribution in [2.24, 2.45) is 5.92 Å². The number of likely N-dealkylation sites (tertiary alicyclic amines) is 1. The van der Waals surface area contributed by atoms with Crippen molar-refractivity contribution in [1.29, 1.82) is 0 Å². The van der Waals surface area contributed by atoms with Gasteiger partial charge in [-0.1, -0.05) is 19.0 Å². The van der Waals surface area contributed by atoms with Crippen LogP contribution in [0.15, 0.2) is 4.52 Å². The van der Waals surface area contributed by atoms with Gasteiger partial charge in [-0.25, -0.2) is 0 Å². The van der Waals surface area contributed by atoms with Crippen LogP contribution in [0, 0.1) is 5.92 Å². The van der Waals surface area contributed by atoms with Crippen molar-refractivity contribution in [1.82, 2.24) is 15.0 Å². The van der Waals surface area contributed by atoms with Gasteiger partial charge in [-0.2, -0.15) is 4.98 Å². The van der Waals surface area contributed by atoms with E-state index in [0.29, 0.717) is 25.0 Å². The van der Waals surface area contributed by atoms with E-state index in [1.807, 2.05) is 4.90 Å². The van der Waals surface area contributed by atoms with Crippen molar-refractivity contribution in [3.8, 4) is 0 Å². The Morgan fingerprint density at radius 3 is 2.95 bits per heavy atom. The highest BCUT2D eigenvalue weighted by Gasteiger charge is 2.33. The Bertz CT molecular complexity index is 508. The summed E-state index contributed by atoms with van der Waals surface area (Å²) in [5.41, 5.74) is 0. The number of hydrogen-bond donors (Lipinski definition) is 0. The van der Waals surface area contributed by atoms with Gasteiger partial charge in [-0.05, 0) is 31.6 Å². The highest BCUT2D eigenvalue weighted by atomic mass is 16.5. The number of hydrogen-bond acceptors (Lipinski definition) is 5. The molecule has 2 atom stereocenters. The average molecular weight is 307 g/mol. The molecule has 2 aliphatic rings. The minimum Gasteiger partial charge on any atom is -0.368 e. The highest BCUT2D eigenvalue weighted by molar-refractivity contribution is 5.81. The maximum absolute atomic E-state index is 12.5. The van der Waals surface area contributed by atoms with Crippen LogP contribution in [0.3, 0.4) is 0 Å². The van der Waals surface area contributed by atoms with E-state index in [1.54, 1.807) is 0 Å². The first-order valence-electron chi connectivity index (χ1n) is 8.36. The quantitative estimate of drug-likeness (QED) is 0.852. The lowest BCUT2D eigenvalue weighted by molar-refractivity contribution is -0.142. The molecule has 1 aromatic rings. The Kier molecular flexibility index (Phi) is 4.76. The predicted octanol–water partition coefficient (Wildman–Crippen LogP) is 2.15. The number of carbonyl (C=O) groups excluding carboxylic acids is 1. The van der Waals surface area contributed by atoms with E-state index in [4.69, 9.17) is 9.26 Å². The molecule has 122 valence electrons. The second-order valence-corrected chi connectivity index (χ2v) is 6.77. The molecule has 3 rings (SSSR count). The summed E-state index contributed by atoms with van der Waals surface area (Å²) in [6, 6.07) is 0. The molecular formula is C16H25N3O3. The number of ether oxygens (including phenoxy) is 1. The van der Waals surface area contributed by atoms with Crippen molar-refractivity contribution in [2.75, 3.05) is 19.7 Å². The maximum atomic E-state index is 12.5. The van der Waals surface area contributed by atoms with Crippen molar-refractivity contribution >= 4 is 5.91 Å². The summed E-state index contributed by atoms with van der Waals surface area (Å²) >= 11 is 0. The van der Waals surface area contributed by atoms with Gasteiger partial charge in [0.15, 0.2) is 5.82 Å². The first-order valence-corrected chi connectivity index (χ1v) is 8.36. The molecule has 6 nitrogen and oxygen atoms in total. The van der Waals surface area contributed by atoms with E-state index in [-0.39, 0.29) is 17.9 Å². The first-order chi connectivity index (χ1) is 10.6. The van der Waals surface area contributed by atoms with Gasteiger partial charge in [-0.15, -0.1) is 0 Å². The van der Waals surface area contributed by atoms with Gasteiger partial charge in [0, 0.05) is 26.1 Å². The van der Waals surface area contributed by atoms with Crippen LogP contribution in [-0.2, 0) is 16.0 Å². The summed E-state index contributed by atoms with van der Waals surface area (Å²) in [6.45, 7) is 6.46. The molecule has 0 aromatic carbocycles. The molecule has 6 heteroatoms. The van der Waals surface area contributed by atoms with Gasteiger partial charge >= 0.3 is 0 Å². The summed E-state index contributed by atoms with van der Waals surface area (Å²) in [7, 11) is 0. The molecule has 0 aliphatic carbocycles. The SMILES string of the molecule is CC(C)Cc1noc([C@@H]2CCCN(C(=O)[C@@H]3CCCO3)C2)n1. The summed E-state index contributed by atoms with van der Waals surface area (Å²) in [4.78, 5) is 18.9. The Hall–Kier alpha value is -1.43. The van der Waals surface area contributed by atoms with Crippen LogP contribution in [0.1, 0.15) is 57.2 Å². The first kappa shape index (κ1) is 15.5. The third-order valence-corrected chi connectivity index (χ3v) is 4.36. The summed E-state index contributed by atoms with van der Waals surface area (Å²) in [5, 5.41) is 4.06. The van der Waals surface area contributed by atoms with Gasteiger partial charge in [0.05, 0.1) is 5.92 Å². The Balaban J connectivity index is 1.62. The van der Waals surface area contributed by atoms with Gasteiger partial charge in [0.1, 0.15) is 6.10 Å². The molecule has 1 aromatic heterocycles. The standard InChI is InChI=1S/C16H25N3O3/c1-11(2)9-14-17-15(22-18-14)12-5-3-7-19(10-12)16(20)13-6-4-8-21-13/h11-13H,3-10H2,1-2H3/t12-,13+/m1/s1. The summed E-state index contributed by atoms with van der Waals surface area (Å²) in [5.74, 6) is 2.25. The summed E-state index contributed by atoms with van der Waals surface area (Å²) in [6.07, 6.45) is 4.39. The van der Waals surface area contributed by atoms with E-state index in [2.05, 4.69) is 24.0 Å². The number of rotatable bonds is 4. The number of carbonyl (C=O) groups is 1. The fourth-order valence-corrected chi connectivity index (χ4v) is 3.24. The molecule has 1 amide bonds. The molecule has 0 spiro atoms. The molecule has 0 N–H and O–H groups in total. The second-order valence-electron chi connectivity index (χ2n) is 6.77. The Morgan fingerprint density at radius 1 is 1.36 bits per heavy atom. The van der Waals surface area contributed by atoms with E-state index in [9.17, 15) is 4.79 Å². The van der Waals surface area contributed by atoms with Crippen molar-refractivity contribution < 1.29 is 14.1 Å². The lowest BCUT2D eigenvalue weighted by atomic mass is 9.97. The van der Waals surface area contributed by atoms with Crippen LogP contribution < -0.4 is 0 Å². The molecule has 2 saturated heterocycles. The topological polar surface area (TPSA) is 68.5 Å². The highest BCUT2D eigenvalue weighted by Crippen LogP contribution is 2.27. The van der Waals surface area contributed by atoms with Gasteiger partial charge in [0.2, 0.25) is 5.89 Å². The van der Waals surface area contributed by atoms with Crippen LogP contribution in [-0.4, -0.2) is 46.7 Å². The number of piperidine rings is 1. The molecule has 2 fully saturated rings. The van der Waals surface area contributed by atoms with Crippen LogP contribution in [0.5, 0.6) is 0 Å². The van der Waals surface area contributed by atoms with Crippen molar-refractivity contribution in [3.05, 3.63) is 11.7 Å². The second kappa shape index (κ2) is 6.77. The zero-order valence-electron chi connectivity index (χ0n) is 13.5. The fourth-order valence-electron chi connectivity index (χ4n) is 3.24. The largest absolute Gasteiger partial charge is 0.368 e. The van der Waals surface area contributed by atoms with E-state index < -0.39 is 0 Å². The lowest BCUT2D eigenvalue weighted by Gasteiger charge is -2.32. The minimum absolute atomic E-state index is 0.129. The van der Waals surface area contributed by atoms with E-state index >= 15 is 0 Å². The number of amides is 1. The average Bonchev–Trinajstić information content (AvgIpc) is 3.17. The molecule has 0 saturated carbocycles. The zero-order valence-corrected chi connectivity index (χ0v) is 13.5. The Labute approximate surface area is 131 Å². The summed E-state index contributed by atoms with van der Waals surface area (Å²) < 4.78 is 10.9. The van der Waals surface area contributed by atoms with Gasteiger partial charge in [-0.3, -0.25) is 4.79 Å². The molecule has 0 bridgehead atoms. The van der Waals surface area contributed by atoms with Crippen LogP contribution >= 0.6 is 0 Å². The molecule has 0 unspecified atom stereocenters. The van der Waals surface area contributed by atoms with Crippen LogP contribution in [0.4, 0.5) is 0 Å². The monoisotopic (exact) mass is 307 g/mol. The van der Waals surface area contributed by atoms with Crippen LogP contribution in [0.25, 0.3) is 0 Å². The smallest absolute Gasteiger partial charge is 0.251 e. The normalized spacial score (nSPS) is 25.9. The molecular weight excluding hydrogens is 282 g/mol. The van der Waals surface area contributed by atoms with E-state index in [0.717, 1.165) is 44.5 Å². The number of aromatic nitrogens is 2. The van der Waals surface area contributed by atoms with Crippen LogP contribution in [0.2, 0.25) is 0 Å². The molecule has 22 heavy (non-hydrogen) atoms. The molecule has 2 aliphatic heterocycles. The third-order valence-electron chi connectivity index (χ3n) is 4.36. The van der Waals surface area contributed by atoms with Crippen molar-refractivity contribution in [2.45, 2.75) is 58.0 Å². The minimum atomic E-state index is -0.238. The third kappa shape index (κ3) is 3.48. The fraction of sp³-hybridized carbons (Fsp3) is 0.812. The Morgan fingerprint density at radius 2 is 2.23 bits per heavy atom. The lowest BCUT2D eigenvalue weighted by Crippen LogP contribution is -2.44. The van der Waals surface area contributed by atoms with Crippen molar-refractivity contribution in [3.63, 3.8) is 0 Å². The predicted molar refractivity (Wildman–Crippen MR) is 80.4 cm³/mol.